The quantitative estimate of drug-likeness (QED) is 0.587. The molecule has 0 amide bonds. The Kier molecular flexibility index (Phi) is 5.35. The third-order valence-corrected chi connectivity index (χ3v) is 3.69. The van der Waals surface area contributed by atoms with Gasteiger partial charge in [-0.3, -0.25) is 0 Å². The monoisotopic (exact) mass is 228 g/mol. The van der Waals surface area contributed by atoms with E-state index in [1.807, 2.05) is 0 Å². The number of rotatable bonds is 1. The lowest BCUT2D eigenvalue weighted by molar-refractivity contribution is 0.590. The van der Waals surface area contributed by atoms with Crippen molar-refractivity contribution in [2.45, 2.75) is 57.8 Å². The minimum atomic E-state index is 1.27. The minimum Gasteiger partial charge on any atom is -0.0807 e. The maximum absolute atomic E-state index is 2.49. The highest BCUT2D eigenvalue weighted by atomic mass is 14.1. The lowest BCUT2D eigenvalue weighted by atomic mass is 9.98. The SMILES string of the molecule is C1=C(c2ccccc2)CCCCCCCCC1. The third-order valence-electron chi connectivity index (χ3n) is 3.69. The van der Waals surface area contributed by atoms with Gasteiger partial charge in [-0.05, 0) is 36.8 Å². The lowest BCUT2D eigenvalue weighted by Crippen LogP contribution is -1.86. The predicted octanol–water partition coefficient (Wildman–Crippen LogP) is 5.59. The summed E-state index contributed by atoms with van der Waals surface area (Å²) in [6, 6.07) is 10.9. The molecular weight excluding hydrogens is 204 g/mol. The van der Waals surface area contributed by atoms with Crippen LogP contribution in [-0.4, -0.2) is 0 Å². The topological polar surface area (TPSA) is 0 Å². The van der Waals surface area contributed by atoms with Gasteiger partial charge in [0.1, 0.15) is 0 Å². The third kappa shape index (κ3) is 4.38. The molecule has 0 atom stereocenters. The van der Waals surface area contributed by atoms with Crippen LogP contribution in [-0.2, 0) is 0 Å². The molecule has 0 fully saturated rings. The standard InChI is InChI=1S/C17H24/c1-2-4-6-9-13-16(12-8-5-3-1)17-14-10-7-11-15-17/h7,10-12,14-15H,1-6,8-9,13H2. The molecular formula is C17H24. The first kappa shape index (κ1) is 12.4. The van der Waals surface area contributed by atoms with Gasteiger partial charge in [-0.2, -0.15) is 0 Å². The van der Waals surface area contributed by atoms with Gasteiger partial charge in [0.15, 0.2) is 0 Å². The molecule has 0 heterocycles. The van der Waals surface area contributed by atoms with E-state index in [1.54, 1.807) is 5.57 Å². The molecule has 1 aromatic carbocycles. The van der Waals surface area contributed by atoms with E-state index in [9.17, 15) is 0 Å². The van der Waals surface area contributed by atoms with Crippen molar-refractivity contribution in [2.75, 3.05) is 0 Å². The molecule has 1 aromatic rings. The Hall–Kier alpha value is -1.04. The molecule has 17 heavy (non-hydrogen) atoms. The van der Waals surface area contributed by atoms with Gasteiger partial charge in [0.05, 0.1) is 0 Å². The first-order valence-electron chi connectivity index (χ1n) is 7.21. The van der Waals surface area contributed by atoms with Crippen LogP contribution in [0.5, 0.6) is 0 Å². The van der Waals surface area contributed by atoms with Crippen molar-refractivity contribution in [3.05, 3.63) is 42.0 Å². The van der Waals surface area contributed by atoms with Gasteiger partial charge in [-0.1, -0.05) is 68.5 Å². The molecule has 0 radical (unpaired) electrons. The molecule has 0 aromatic heterocycles. The molecule has 0 spiro atoms. The van der Waals surface area contributed by atoms with E-state index in [1.165, 1.54) is 63.4 Å². The second-order valence-corrected chi connectivity index (χ2v) is 5.11. The average Bonchev–Trinajstić information content (AvgIpc) is 2.45. The molecule has 0 saturated carbocycles. The Labute approximate surface area is 106 Å². The number of allylic oxidation sites excluding steroid dienone is 2. The van der Waals surface area contributed by atoms with Crippen molar-refractivity contribution >= 4 is 5.57 Å². The molecule has 0 saturated heterocycles. The maximum Gasteiger partial charge on any atom is -0.0228 e. The Morgan fingerprint density at radius 3 is 2.06 bits per heavy atom. The van der Waals surface area contributed by atoms with Gasteiger partial charge < -0.3 is 0 Å². The van der Waals surface area contributed by atoms with E-state index in [0.717, 1.165) is 0 Å². The lowest BCUT2D eigenvalue weighted by Gasteiger charge is -2.07. The van der Waals surface area contributed by atoms with Crippen molar-refractivity contribution < 1.29 is 0 Å². The highest BCUT2D eigenvalue weighted by Crippen LogP contribution is 2.24. The Balaban J connectivity index is 2.03. The first-order valence-corrected chi connectivity index (χ1v) is 7.21. The molecule has 0 bridgehead atoms. The highest BCUT2D eigenvalue weighted by molar-refractivity contribution is 5.65. The minimum absolute atomic E-state index is 1.27. The van der Waals surface area contributed by atoms with Crippen LogP contribution in [0.4, 0.5) is 0 Å². The summed E-state index contributed by atoms with van der Waals surface area (Å²) in [6.07, 6.45) is 14.9. The maximum atomic E-state index is 2.49. The van der Waals surface area contributed by atoms with Crippen molar-refractivity contribution in [1.29, 1.82) is 0 Å². The van der Waals surface area contributed by atoms with Crippen LogP contribution < -0.4 is 0 Å². The highest BCUT2D eigenvalue weighted by Gasteiger charge is 2.02. The molecule has 1 aliphatic rings. The van der Waals surface area contributed by atoms with Crippen LogP contribution in [0.15, 0.2) is 36.4 Å². The molecule has 0 heteroatoms. The van der Waals surface area contributed by atoms with Gasteiger partial charge >= 0.3 is 0 Å². The van der Waals surface area contributed by atoms with E-state index in [2.05, 4.69) is 36.4 Å². The van der Waals surface area contributed by atoms with Crippen molar-refractivity contribution in [1.82, 2.24) is 0 Å². The number of hydrogen-bond donors (Lipinski definition) is 0. The molecule has 1 aliphatic carbocycles. The van der Waals surface area contributed by atoms with E-state index in [-0.39, 0.29) is 0 Å². The number of benzene rings is 1. The van der Waals surface area contributed by atoms with E-state index in [0.29, 0.717) is 0 Å². The smallest absolute Gasteiger partial charge is 0.0228 e. The molecule has 0 nitrogen and oxygen atoms in total. The molecule has 0 N–H and O–H groups in total. The van der Waals surface area contributed by atoms with Crippen LogP contribution >= 0.6 is 0 Å². The summed E-state index contributed by atoms with van der Waals surface area (Å²) in [5, 5.41) is 0. The van der Waals surface area contributed by atoms with Crippen LogP contribution in [0.1, 0.15) is 63.4 Å². The second kappa shape index (κ2) is 7.32. The van der Waals surface area contributed by atoms with E-state index in [4.69, 9.17) is 0 Å². The summed E-state index contributed by atoms with van der Waals surface area (Å²) < 4.78 is 0. The van der Waals surface area contributed by atoms with Gasteiger partial charge in [-0.25, -0.2) is 0 Å². The molecule has 92 valence electrons. The zero-order valence-electron chi connectivity index (χ0n) is 10.8. The van der Waals surface area contributed by atoms with Crippen LogP contribution in [0.25, 0.3) is 5.57 Å². The zero-order chi connectivity index (χ0) is 11.8. The fourth-order valence-electron chi connectivity index (χ4n) is 2.64. The van der Waals surface area contributed by atoms with Crippen molar-refractivity contribution in [3.63, 3.8) is 0 Å². The fraction of sp³-hybridized carbons (Fsp3) is 0.529. The average molecular weight is 228 g/mol. The normalized spacial score (nSPS) is 19.2. The van der Waals surface area contributed by atoms with Crippen molar-refractivity contribution in [3.8, 4) is 0 Å². The van der Waals surface area contributed by atoms with E-state index >= 15 is 0 Å². The van der Waals surface area contributed by atoms with Crippen LogP contribution in [0.2, 0.25) is 0 Å². The molecule has 0 unspecified atom stereocenters. The summed E-state index contributed by atoms with van der Waals surface area (Å²) in [4.78, 5) is 0. The Morgan fingerprint density at radius 2 is 1.29 bits per heavy atom. The van der Waals surface area contributed by atoms with E-state index < -0.39 is 0 Å². The largest absolute Gasteiger partial charge is 0.0807 e. The molecule has 0 aliphatic heterocycles. The predicted molar refractivity (Wildman–Crippen MR) is 76.0 cm³/mol. The van der Waals surface area contributed by atoms with Gasteiger partial charge in [0.2, 0.25) is 0 Å². The van der Waals surface area contributed by atoms with Gasteiger partial charge in [-0.15, -0.1) is 0 Å². The summed E-state index contributed by atoms with van der Waals surface area (Å²) >= 11 is 0. The second-order valence-electron chi connectivity index (χ2n) is 5.11. The summed E-state index contributed by atoms with van der Waals surface area (Å²) in [5.74, 6) is 0. The first-order chi connectivity index (χ1) is 8.47. The van der Waals surface area contributed by atoms with Crippen LogP contribution in [0, 0.1) is 0 Å². The Bertz CT molecular complexity index is 334. The van der Waals surface area contributed by atoms with Gasteiger partial charge in [0, 0.05) is 0 Å². The Morgan fingerprint density at radius 1 is 0.647 bits per heavy atom. The van der Waals surface area contributed by atoms with Crippen LogP contribution in [0.3, 0.4) is 0 Å². The zero-order valence-corrected chi connectivity index (χ0v) is 10.8. The number of hydrogen-bond acceptors (Lipinski definition) is 0. The fourth-order valence-corrected chi connectivity index (χ4v) is 2.64. The van der Waals surface area contributed by atoms with Gasteiger partial charge in [0.25, 0.3) is 0 Å². The summed E-state index contributed by atoms with van der Waals surface area (Å²) in [6.45, 7) is 0. The van der Waals surface area contributed by atoms with Crippen molar-refractivity contribution in [2.24, 2.45) is 0 Å². The molecule has 2 rings (SSSR count). The summed E-state index contributed by atoms with van der Waals surface area (Å²) in [5.41, 5.74) is 3.01. The summed E-state index contributed by atoms with van der Waals surface area (Å²) in [7, 11) is 0.